The number of carbonyl (C=O) groups excluding carboxylic acids is 1. The van der Waals surface area contributed by atoms with Gasteiger partial charge in [0.25, 0.3) is 0 Å². The number of sulfonamides is 1. The van der Waals surface area contributed by atoms with Crippen molar-refractivity contribution in [3.63, 3.8) is 0 Å². The fourth-order valence-corrected chi connectivity index (χ4v) is 4.21. The highest BCUT2D eigenvalue weighted by atomic mass is 35.5. The lowest BCUT2D eigenvalue weighted by atomic mass is 10.2. The summed E-state index contributed by atoms with van der Waals surface area (Å²) in [6.07, 6.45) is 1.06. The van der Waals surface area contributed by atoms with Gasteiger partial charge in [0.15, 0.2) is 0 Å². The molecule has 0 unspecified atom stereocenters. The number of anilines is 1. The number of hydrogen-bond donors (Lipinski definition) is 1. The van der Waals surface area contributed by atoms with Crippen LogP contribution >= 0.6 is 11.6 Å². The van der Waals surface area contributed by atoms with Crippen molar-refractivity contribution in [1.29, 1.82) is 0 Å². The maximum Gasteiger partial charge on any atom is 0.243 e. The molecular formula is C21H27ClN2O4S. The summed E-state index contributed by atoms with van der Waals surface area (Å²) in [6.45, 7) is 7.37. The predicted octanol–water partition coefficient (Wildman–Crippen LogP) is 3.70. The van der Waals surface area contributed by atoms with E-state index in [1.165, 1.54) is 0 Å². The molecule has 29 heavy (non-hydrogen) atoms. The number of amides is 1. The Morgan fingerprint density at radius 1 is 1.14 bits per heavy atom. The molecule has 2 aromatic carbocycles. The molecule has 0 bridgehead atoms. The van der Waals surface area contributed by atoms with Gasteiger partial charge in [-0.05, 0) is 57.0 Å². The highest BCUT2D eigenvalue weighted by molar-refractivity contribution is 7.92. The topological polar surface area (TPSA) is 75.7 Å². The zero-order valence-electron chi connectivity index (χ0n) is 17.3. The average molecular weight is 439 g/mol. The van der Waals surface area contributed by atoms with E-state index in [9.17, 15) is 13.2 Å². The second-order valence-electron chi connectivity index (χ2n) is 7.15. The Kier molecular flexibility index (Phi) is 7.54. The number of rotatable bonds is 8. The van der Waals surface area contributed by atoms with Crippen molar-refractivity contribution in [3.05, 3.63) is 58.6 Å². The molecule has 158 valence electrons. The standard InChI is InChI=1S/C21H27ClN2O4S/c1-14-10-11-18(12-19(14)22)24(29(5,26)27)17(4)21(25)23-16(3)13-28-20-9-7-6-8-15(20)2/h6-12,16-17H,13H2,1-5H3,(H,23,25)/t16-,17+/m1/s1. The van der Waals surface area contributed by atoms with E-state index in [1.54, 1.807) is 32.0 Å². The van der Waals surface area contributed by atoms with E-state index < -0.39 is 22.0 Å². The van der Waals surface area contributed by atoms with Crippen LogP contribution in [0.1, 0.15) is 25.0 Å². The van der Waals surface area contributed by atoms with E-state index in [-0.39, 0.29) is 12.6 Å². The minimum absolute atomic E-state index is 0.262. The van der Waals surface area contributed by atoms with Gasteiger partial charge in [0.1, 0.15) is 18.4 Å². The van der Waals surface area contributed by atoms with Gasteiger partial charge in [-0.15, -0.1) is 0 Å². The van der Waals surface area contributed by atoms with Crippen molar-refractivity contribution in [2.75, 3.05) is 17.2 Å². The quantitative estimate of drug-likeness (QED) is 0.681. The molecule has 1 amide bonds. The SMILES string of the molecule is Cc1ccc(N([C@@H](C)C(=O)N[C@H](C)COc2ccccc2C)S(C)(=O)=O)cc1Cl. The lowest BCUT2D eigenvalue weighted by Crippen LogP contribution is -2.50. The summed E-state index contributed by atoms with van der Waals surface area (Å²) in [5, 5.41) is 3.25. The predicted molar refractivity (Wildman–Crippen MR) is 117 cm³/mol. The molecule has 0 aliphatic rings. The van der Waals surface area contributed by atoms with Crippen molar-refractivity contribution in [1.82, 2.24) is 5.32 Å². The Balaban J connectivity index is 2.10. The third kappa shape index (κ3) is 6.11. The van der Waals surface area contributed by atoms with Gasteiger partial charge in [0.2, 0.25) is 15.9 Å². The molecule has 0 saturated heterocycles. The Labute approximate surface area is 177 Å². The molecule has 2 atom stereocenters. The number of para-hydroxylation sites is 1. The highest BCUT2D eigenvalue weighted by Crippen LogP contribution is 2.26. The van der Waals surface area contributed by atoms with Gasteiger partial charge >= 0.3 is 0 Å². The number of ether oxygens (including phenoxy) is 1. The van der Waals surface area contributed by atoms with Gasteiger partial charge in [-0.1, -0.05) is 35.9 Å². The number of carbonyl (C=O) groups is 1. The number of nitrogens with zero attached hydrogens (tertiary/aromatic N) is 1. The van der Waals surface area contributed by atoms with Crippen LogP contribution in [0, 0.1) is 13.8 Å². The van der Waals surface area contributed by atoms with Gasteiger partial charge in [-0.2, -0.15) is 0 Å². The minimum atomic E-state index is -3.71. The lowest BCUT2D eigenvalue weighted by molar-refractivity contribution is -0.122. The normalized spacial score (nSPS) is 13.4. The van der Waals surface area contributed by atoms with Gasteiger partial charge in [-0.3, -0.25) is 9.10 Å². The van der Waals surface area contributed by atoms with E-state index in [2.05, 4.69) is 5.32 Å². The second kappa shape index (κ2) is 9.50. The third-order valence-corrected chi connectivity index (χ3v) is 6.12. The molecule has 0 heterocycles. The molecule has 0 aromatic heterocycles. The highest BCUT2D eigenvalue weighted by Gasteiger charge is 2.30. The second-order valence-corrected chi connectivity index (χ2v) is 9.42. The van der Waals surface area contributed by atoms with Gasteiger partial charge in [0, 0.05) is 5.02 Å². The van der Waals surface area contributed by atoms with E-state index in [1.807, 2.05) is 38.1 Å². The molecule has 6 nitrogen and oxygen atoms in total. The van der Waals surface area contributed by atoms with E-state index in [0.29, 0.717) is 10.7 Å². The number of benzene rings is 2. The first-order valence-corrected chi connectivity index (χ1v) is 11.5. The summed E-state index contributed by atoms with van der Waals surface area (Å²) in [5.41, 5.74) is 2.16. The molecule has 2 rings (SSSR count). The first kappa shape index (κ1) is 23.0. The van der Waals surface area contributed by atoms with Crippen molar-refractivity contribution in [3.8, 4) is 5.75 Å². The Hall–Kier alpha value is -2.25. The number of hydrogen-bond acceptors (Lipinski definition) is 4. The van der Waals surface area contributed by atoms with Crippen molar-refractivity contribution < 1.29 is 17.9 Å². The van der Waals surface area contributed by atoms with Crippen LogP contribution in [0.5, 0.6) is 5.75 Å². The van der Waals surface area contributed by atoms with Crippen LogP contribution in [0.4, 0.5) is 5.69 Å². The third-order valence-electron chi connectivity index (χ3n) is 4.47. The van der Waals surface area contributed by atoms with Crippen LogP contribution in [0.25, 0.3) is 0 Å². The Morgan fingerprint density at radius 2 is 1.79 bits per heavy atom. The van der Waals surface area contributed by atoms with Crippen molar-refractivity contribution >= 4 is 33.2 Å². The average Bonchev–Trinajstić information content (AvgIpc) is 2.63. The summed E-state index contributed by atoms with van der Waals surface area (Å²) < 4.78 is 31.6. The summed E-state index contributed by atoms with van der Waals surface area (Å²) >= 11 is 6.15. The summed E-state index contributed by atoms with van der Waals surface area (Å²) in [6, 6.07) is 11.2. The van der Waals surface area contributed by atoms with Crippen LogP contribution in [0.3, 0.4) is 0 Å². The number of halogens is 1. The van der Waals surface area contributed by atoms with Crippen LogP contribution in [0.2, 0.25) is 5.02 Å². The molecule has 0 aliphatic carbocycles. The summed E-state index contributed by atoms with van der Waals surface area (Å²) in [5.74, 6) is 0.321. The van der Waals surface area contributed by atoms with Gasteiger partial charge in [-0.25, -0.2) is 8.42 Å². The first-order chi connectivity index (χ1) is 13.5. The fraction of sp³-hybridized carbons (Fsp3) is 0.381. The minimum Gasteiger partial charge on any atom is -0.491 e. The van der Waals surface area contributed by atoms with Crippen LogP contribution < -0.4 is 14.4 Å². The molecule has 0 aliphatic heterocycles. The summed E-state index contributed by atoms with van der Waals surface area (Å²) in [4.78, 5) is 12.7. The van der Waals surface area contributed by atoms with Crippen LogP contribution in [0.15, 0.2) is 42.5 Å². The van der Waals surface area contributed by atoms with Gasteiger partial charge in [0.05, 0.1) is 18.0 Å². The van der Waals surface area contributed by atoms with E-state index >= 15 is 0 Å². The Morgan fingerprint density at radius 3 is 2.38 bits per heavy atom. The molecule has 2 aromatic rings. The largest absolute Gasteiger partial charge is 0.491 e. The molecule has 0 fully saturated rings. The zero-order chi connectivity index (χ0) is 21.8. The van der Waals surface area contributed by atoms with Crippen molar-refractivity contribution in [2.24, 2.45) is 0 Å². The maximum absolute atomic E-state index is 12.7. The van der Waals surface area contributed by atoms with Crippen molar-refractivity contribution in [2.45, 2.75) is 39.8 Å². The molecule has 0 radical (unpaired) electrons. The lowest BCUT2D eigenvalue weighted by Gasteiger charge is -2.29. The summed E-state index contributed by atoms with van der Waals surface area (Å²) in [7, 11) is -3.71. The smallest absolute Gasteiger partial charge is 0.243 e. The monoisotopic (exact) mass is 438 g/mol. The molecule has 0 spiro atoms. The van der Waals surface area contributed by atoms with E-state index in [4.69, 9.17) is 16.3 Å². The van der Waals surface area contributed by atoms with Crippen LogP contribution in [-0.2, 0) is 14.8 Å². The van der Waals surface area contributed by atoms with E-state index in [0.717, 1.165) is 27.4 Å². The van der Waals surface area contributed by atoms with Gasteiger partial charge < -0.3 is 10.1 Å². The zero-order valence-corrected chi connectivity index (χ0v) is 18.8. The fourth-order valence-electron chi connectivity index (χ4n) is 2.87. The molecular weight excluding hydrogens is 412 g/mol. The molecule has 8 heteroatoms. The molecule has 0 saturated carbocycles. The van der Waals surface area contributed by atoms with Crippen LogP contribution in [-0.4, -0.2) is 39.3 Å². The molecule has 1 N–H and O–H groups in total. The Bertz CT molecular complexity index is 978. The first-order valence-electron chi connectivity index (χ1n) is 9.25. The number of aryl methyl sites for hydroxylation is 2. The maximum atomic E-state index is 12.7. The number of nitrogens with one attached hydrogen (secondary N) is 1.